The largest absolute Gasteiger partial charge is 0.479 e. The van der Waals surface area contributed by atoms with E-state index in [9.17, 15) is 14.0 Å². The van der Waals surface area contributed by atoms with Gasteiger partial charge in [-0.25, -0.2) is 9.18 Å². The minimum Gasteiger partial charge on any atom is -0.479 e. The number of rotatable bonds is 3. The number of halogens is 2. The summed E-state index contributed by atoms with van der Waals surface area (Å²) >= 11 is 3.07. The number of carboxylic acid groups (broad SMARTS) is 1. The summed E-state index contributed by atoms with van der Waals surface area (Å²) in [5.41, 5.74) is 0.666. The molecule has 0 spiro atoms. The van der Waals surface area contributed by atoms with E-state index in [1.165, 1.54) is 17.0 Å². The Morgan fingerprint density at radius 3 is 2.81 bits per heavy atom. The molecular weight excluding hydrogens is 345 g/mol. The van der Waals surface area contributed by atoms with E-state index < -0.39 is 17.9 Å². The van der Waals surface area contributed by atoms with E-state index in [2.05, 4.69) is 15.9 Å². The molecule has 1 aliphatic heterocycles. The fourth-order valence-corrected chi connectivity index (χ4v) is 2.65. The number of nitrogens with zero attached hydrogens (tertiary/aromatic N) is 1. The number of ether oxygens (including phenoxy) is 1. The highest BCUT2D eigenvalue weighted by Gasteiger charge is 2.32. The number of aliphatic carboxylic acids is 1. The molecule has 0 saturated carbocycles. The minimum atomic E-state index is -1.08. The van der Waals surface area contributed by atoms with Crippen molar-refractivity contribution in [3.05, 3.63) is 34.1 Å². The summed E-state index contributed by atoms with van der Waals surface area (Å²) in [5, 5.41) is 9.00. The summed E-state index contributed by atoms with van der Waals surface area (Å²) in [5.74, 6) is -1.67. The van der Waals surface area contributed by atoms with Crippen molar-refractivity contribution >= 4 is 27.8 Å². The van der Waals surface area contributed by atoms with Gasteiger partial charge >= 0.3 is 5.97 Å². The van der Waals surface area contributed by atoms with Crippen LogP contribution in [0.1, 0.15) is 12.5 Å². The standard InChI is InChI=1S/C14H15BrFNO4/c1-8-6-17(7-12(21-8)14(19)20)13(18)5-9-2-3-11(16)10(15)4-9/h2-4,8,12H,5-7H2,1H3,(H,19,20)/t8-,12?/m1/s1. The van der Waals surface area contributed by atoms with Gasteiger partial charge in [-0.05, 0) is 40.5 Å². The Hall–Kier alpha value is -1.47. The van der Waals surface area contributed by atoms with Crippen LogP contribution in [0.15, 0.2) is 22.7 Å². The maximum Gasteiger partial charge on any atom is 0.334 e. The number of morpholine rings is 1. The van der Waals surface area contributed by atoms with E-state index in [1.807, 2.05) is 0 Å². The SMILES string of the molecule is C[C@@H]1CN(C(=O)Cc2ccc(F)c(Br)c2)CC(C(=O)O)O1. The van der Waals surface area contributed by atoms with Crippen molar-refractivity contribution in [1.29, 1.82) is 0 Å². The van der Waals surface area contributed by atoms with Crippen LogP contribution in [-0.2, 0) is 20.7 Å². The Labute approximate surface area is 129 Å². The number of carbonyl (C=O) groups excluding carboxylic acids is 1. The Kier molecular flexibility index (Phi) is 4.95. The molecule has 7 heteroatoms. The maximum atomic E-state index is 13.2. The predicted molar refractivity (Wildman–Crippen MR) is 76.4 cm³/mol. The van der Waals surface area contributed by atoms with Gasteiger partial charge in [0.2, 0.25) is 5.91 Å². The molecule has 2 rings (SSSR count). The van der Waals surface area contributed by atoms with Crippen LogP contribution in [-0.4, -0.2) is 47.2 Å². The highest BCUT2D eigenvalue weighted by atomic mass is 79.9. The zero-order valence-electron chi connectivity index (χ0n) is 11.4. The van der Waals surface area contributed by atoms with Gasteiger partial charge in [-0.2, -0.15) is 0 Å². The first-order valence-electron chi connectivity index (χ1n) is 6.46. The quantitative estimate of drug-likeness (QED) is 0.893. The zero-order chi connectivity index (χ0) is 15.6. The van der Waals surface area contributed by atoms with E-state index in [1.54, 1.807) is 13.0 Å². The van der Waals surface area contributed by atoms with Crippen molar-refractivity contribution in [2.45, 2.75) is 25.6 Å². The number of benzene rings is 1. The van der Waals surface area contributed by atoms with Crippen molar-refractivity contribution in [3.63, 3.8) is 0 Å². The lowest BCUT2D eigenvalue weighted by Gasteiger charge is -2.35. The van der Waals surface area contributed by atoms with Crippen molar-refractivity contribution in [3.8, 4) is 0 Å². The molecule has 114 valence electrons. The van der Waals surface area contributed by atoms with Crippen LogP contribution in [0.2, 0.25) is 0 Å². The zero-order valence-corrected chi connectivity index (χ0v) is 13.0. The lowest BCUT2D eigenvalue weighted by atomic mass is 10.1. The molecule has 1 amide bonds. The van der Waals surface area contributed by atoms with E-state index in [0.717, 1.165) is 0 Å². The average Bonchev–Trinajstić information content (AvgIpc) is 2.42. The van der Waals surface area contributed by atoms with Crippen molar-refractivity contribution in [2.75, 3.05) is 13.1 Å². The minimum absolute atomic E-state index is 0.0286. The third-order valence-corrected chi connectivity index (χ3v) is 3.84. The van der Waals surface area contributed by atoms with Gasteiger partial charge in [0, 0.05) is 6.54 Å². The Balaban J connectivity index is 2.05. The third-order valence-electron chi connectivity index (χ3n) is 3.23. The molecule has 0 aromatic heterocycles. The molecule has 1 aromatic rings. The van der Waals surface area contributed by atoms with Gasteiger partial charge in [-0.3, -0.25) is 4.79 Å². The summed E-state index contributed by atoms with van der Waals surface area (Å²) in [4.78, 5) is 24.7. The molecule has 1 aromatic carbocycles. The molecule has 0 bridgehead atoms. The molecule has 1 N–H and O–H groups in total. The number of carbonyl (C=O) groups is 2. The monoisotopic (exact) mass is 359 g/mol. The van der Waals surface area contributed by atoms with Crippen molar-refractivity contribution < 1.29 is 23.8 Å². The van der Waals surface area contributed by atoms with E-state index in [0.29, 0.717) is 16.6 Å². The molecular formula is C14H15BrFNO4. The first-order valence-corrected chi connectivity index (χ1v) is 7.26. The molecule has 1 unspecified atom stereocenters. The second-order valence-corrected chi connectivity index (χ2v) is 5.85. The van der Waals surface area contributed by atoms with Crippen LogP contribution in [0.25, 0.3) is 0 Å². The highest BCUT2D eigenvalue weighted by molar-refractivity contribution is 9.10. The summed E-state index contributed by atoms with van der Waals surface area (Å²) in [6, 6.07) is 4.37. The van der Waals surface area contributed by atoms with Crippen molar-refractivity contribution in [1.82, 2.24) is 4.90 Å². The third kappa shape index (κ3) is 4.01. The predicted octanol–water partition coefficient (Wildman–Crippen LogP) is 1.83. The number of hydrogen-bond acceptors (Lipinski definition) is 3. The molecule has 5 nitrogen and oxygen atoms in total. The molecule has 1 saturated heterocycles. The van der Waals surface area contributed by atoms with Crippen LogP contribution in [0.5, 0.6) is 0 Å². The molecule has 21 heavy (non-hydrogen) atoms. The summed E-state index contributed by atoms with van der Waals surface area (Å²) < 4.78 is 18.7. The number of amides is 1. The lowest BCUT2D eigenvalue weighted by Crippen LogP contribution is -2.52. The first-order chi connectivity index (χ1) is 9.86. The summed E-state index contributed by atoms with van der Waals surface area (Å²) in [6.07, 6.45) is -1.24. The van der Waals surface area contributed by atoms with Gasteiger partial charge in [0.25, 0.3) is 0 Å². The molecule has 1 fully saturated rings. The van der Waals surface area contributed by atoms with E-state index in [4.69, 9.17) is 9.84 Å². The molecule has 2 atom stereocenters. The lowest BCUT2D eigenvalue weighted by molar-refractivity contribution is -0.166. The fraction of sp³-hybridized carbons (Fsp3) is 0.429. The number of carboxylic acids is 1. The molecule has 1 heterocycles. The Bertz CT molecular complexity index is 566. The second kappa shape index (κ2) is 6.53. The van der Waals surface area contributed by atoms with Gasteiger partial charge in [-0.1, -0.05) is 6.07 Å². The van der Waals surface area contributed by atoms with Crippen LogP contribution in [0.4, 0.5) is 4.39 Å². The molecule has 0 aliphatic carbocycles. The van der Waals surface area contributed by atoms with E-state index in [-0.39, 0.29) is 25.0 Å². The molecule has 0 radical (unpaired) electrons. The second-order valence-electron chi connectivity index (χ2n) is 5.00. The smallest absolute Gasteiger partial charge is 0.334 e. The Morgan fingerprint density at radius 2 is 2.19 bits per heavy atom. The van der Waals surface area contributed by atoms with Crippen molar-refractivity contribution in [2.24, 2.45) is 0 Å². The highest BCUT2D eigenvalue weighted by Crippen LogP contribution is 2.18. The summed E-state index contributed by atoms with van der Waals surface area (Å²) in [6.45, 7) is 2.11. The summed E-state index contributed by atoms with van der Waals surface area (Å²) in [7, 11) is 0. The van der Waals surface area contributed by atoms with Crippen LogP contribution < -0.4 is 0 Å². The number of hydrogen-bond donors (Lipinski definition) is 1. The average molecular weight is 360 g/mol. The Morgan fingerprint density at radius 1 is 1.48 bits per heavy atom. The van der Waals surface area contributed by atoms with Crippen LogP contribution >= 0.6 is 15.9 Å². The van der Waals surface area contributed by atoms with E-state index >= 15 is 0 Å². The maximum absolute atomic E-state index is 13.2. The van der Waals surface area contributed by atoms with Crippen LogP contribution in [0, 0.1) is 5.82 Å². The van der Waals surface area contributed by atoms with Crippen LogP contribution in [0.3, 0.4) is 0 Å². The van der Waals surface area contributed by atoms with Gasteiger partial charge in [0.15, 0.2) is 6.10 Å². The van der Waals surface area contributed by atoms with Gasteiger partial charge in [-0.15, -0.1) is 0 Å². The van der Waals surface area contributed by atoms with Gasteiger partial charge in [0.1, 0.15) is 5.82 Å². The fourth-order valence-electron chi connectivity index (χ4n) is 2.23. The first kappa shape index (κ1) is 15.9. The normalized spacial score (nSPS) is 22.1. The van der Waals surface area contributed by atoms with Gasteiger partial charge in [0.05, 0.1) is 23.5 Å². The van der Waals surface area contributed by atoms with Gasteiger partial charge < -0.3 is 14.7 Å². The topological polar surface area (TPSA) is 66.8 Å². The molecule has 1 aliphatic rings.